The summed E-state index contributed by atoms with van der Waals surface area (Å²) in [5, 5.41) is 0. The SMILES string of the molecule is CCCC(c1ccccc1)N1CCC(=C2c3ccccc3C=Cc3ccccc32)CC1. The van der Waals surface area contributed by atoms with Gasteiger partial charge in [0, 0.05) is 19.1 Å². The van der Waals surface area contributed by atoms with E-state index in [-0.39, 0.29) is 0 Å². The summed E-state index contributed by atoms with van der Waals surface area (Å²) in [6.45, 7) is 4.58. The minimum Gasteiger partial charge on any atom is -0.296 e. The molecule has 0 aromatic heterocycles. The highest BCUT2D eigenvalue weighted by molar-refractivity contribution is 5.94. The summed E-state index contributed by atoms with van der Waals surface area (Å²) >= 11 is 0. The molecule has 1 heteroatoms. The fourth-order valence-corrected chi connectivity index (χ4v) is 5.31. The van der Waals surface area contributed by atoms with Crippen molar-refractivity contribution in [1.29, 1.82) is 0 Å². The van der Waals surface area contributed by atoms with E-state index in [2.05, 4.69) is 103 Å². The van der Waals surface area contributed by atoms with Gasteiger partial charge in [0.2, 0.25) is 0 Å². The second-order valence-corrected chi connectivity index (χ2v) is 8.74. The van der Waals surface area contributed by atoms with Gasteiger partial charge in [-0.3, -0.25) is 4.90 Å². The first-order chi connectivity index (χ1) is 15.3. The molecule has 0 bridgehead atoms. The number of nitrogens with zero attached hydrogens (tertiary/aromatic N) is 1. The maximum atomic E-state index is 2.72. The first-order valence-corrected chi connectivity index (χ1v) is 11.7. The van der Waals surface area contributed by atoms with E-state index in [1.54, 1.807) is 5.57 Å². The topological polar surface area (TPSA) is 3.24 Å². The lowest BCUT2D eigenvalue weighted by atomic mass is 9.85. The lowest BCUT2D eigenvalue weighted by Gasteiger charge is -2.37. The van der Waals surface area contributed by atoms with Gasteiger partial charge in [-0.05, 0) is 52.7 Å². The largest absolute Gasteiger partial charge is 0.296 e. The molecule has 1 nitrogen and oxygen atoms in total. The van der Waals surface area contributed by atoms with Gasteiger partial charge in [0.15, 0.2) is 0 Å². The van der Waals surface area contributed by atoms with E-state index in [4.69, 9.17) is 0 Å². The standard InChI is InChI=1S/C30H31N/c1-2-10-29(25-13-4-3-5-14-25)31-21-19-26(20-22-31)30-27-15-8-6-11-23(27)17-18-24-12-7-9-16-28(24)30/h3-9,11-18,29H,2,10,19-22H2,1H3. The molecule has 0 N–H and O–H groups in total. The van der Waals surface area contributed by atoms with Crippen molar-refractivity contribution in [2.75, 3.05) is 13.1 Å². The molecule has 1 saturated heterocycles. The lowest BCUT2D eigenvalue weighted by Crippen LogP contribution is -2.34. The summed E-state index contributed by atoms with van der Waals surface area (Å²) < 4.78 is 0. The Bertz CT molecular complexity index is 1040. The molecule has 1 fully saturated rings. The van der Waals surface area contributed by atoms with Crippen molar-refractivity contribution < 1.29 is 0 Å². The van der Waals surface area contributed by atoms with Crippen molar-refractivity contribution >= 4 is 17.7 Å². The molecule has 5 rings (SSSR count). The average Bonchev–Trinajstić information content (AvgIpc) is 3.00. The van der Waals surface area contributed by atoms with Gasteiger partial charge < -0.3 is 0 Å². The van der Waals surface area contributed by atoms with Gasteiger partial charge in [0.25, 0.3) is 0 Å². The first-order valence-electron chi connectivity index (χ1n) is 11.7. The Morgan fingerprint density at radius 2 is 1.26 bits per heavy atom. The summed E-state index contributed by atoms with van der Waals surface area (Å²) in [5.41, 5.74) is 10.00. The van der Waals surface area contributed by atoms with Gasteiger partial charge >= 0.3 is 0 Å². The van der Waals surface area contributed by atoms with Crippen molar-refractivity contribution in [2.24, 2.45) is 0 Å². The van der Waals surface area contributed by atoms with E-state index in [0.29, 0.717) is 6.04 Å². The van der Waals surface area contributed by atoms with Crippen molar-refractivity contribution in [3.05, 3.63) is 112 Å². The summed E-state index contributed by atoms with van der Waals surface area (Å²) in [7, 11) is 0. The van der Waals surface area contributed by atoms with Crippen LogP contribution in [0.1, 0.15) is 66.5 Å². The highest BCUT2D eigenvalue weighted by Crippen LogP contribution is 2.40. The van der Waals surface area contributed by atoms with Gasteiger partial charge in [0.05, 0.1) is 0 Å². The Labute approximate surface area is 186 Å². The molecule has 1 aliphatic carbocycles. The predicted molar refractivity (Wildman–Crippen MR) is 133 cm³/mol. The summed E-state index contributed by atoms with van der Waals surface area (Å²) in [4.78, 5) is 2.72. The maximum Gasteiger partial charge on any atom is 0.0348 e. The Morgan fingerprint density at radius 1 is 0.710 bits per heavy atom. The third-order valence-corrected chi connectivity index (χ3v) is 6.85. The Morgan fingerprint density at radius 3 is 1.84 bits per heavy atom. The van der Waals surface area contributed by atoms with E-state index in [1.807, 2.05) is 0 Å². The molecule has 0 amide bonds. The Kier molecular flexibility index (Phi) is 5.86. The van der Waals surface area contributed by atoms with Gasteiger partial charge in [-0.2, -0.15) is 0 Å². The number of hydrogen-bond donors (Lipinski definition) is 0. The lowest BCUT2D eigenvalue weighted by molar-refractivity contribution is 0.174. The number of piperidine rings is 1. The quantitative estimate of drug-likeness (QED) is 0.338. The third-order valence-electron chi connectivity index (χ3n) is 6.85. The first kappa shape index (κ1) is 20.0. The van der Waals surface area contributed by atoms with E-state index in [1.165, 1.54) is 46.2 Å². The van der Waals surface area contributed by atoms with Crippen LogP contribution in [-0.2, 0) is 0 Å². The molecule has 1 unspecified atom stereocenters. The normalized spacial score (nSPS) is 17.1. The fraction of sp³-hybridized carbons (Fsp3) is 0.267. The molecule has 2 aliphatic rings. The summed E-state index contributed by atoms with van der Waals surface area (Å²) in [6.07, 6.45) is 9.30. The molecule has 1 heterocycles. The molecule has 156 valence electrons. The van der Waals surface area contributed by atoms with E-state index >= 15 is 0 Å². The van der Waals surface area contributed by atoms with Crippen LogP contribution in [0.3, 0.4) is 0 Å². The smallest absolute Gasteiger partial charge is 0.0348 e. The van der Waals surface area contributed by atoms with Crippen LogP contribution < -0.4 is 0 Å². The minimum absolute atomic E-state index is 0.535. The van der Waals surface area contributed by atoms with Gasteiger partial charge in [-0.1, -0.05) is 110 Å². The second kappa shape index (κ2) is 9.08. The zero-order valence-corrected chi connectivity index (χ0v) is 18.4. The number of hydrogen-bond acceptors (Lipinski definition) is 1. The van der Waals surface area contributed by atoms with Crippen LogP contribution in [0.25, 0.3) is 17.7 Å². The van der Waals surface area contributed by atoms with Crippen LogP contribution in [0.5, 0.6) is 0 Å². The number of benzene rings is 3. The molecule has 0 radical (unpaired) electrons. The molecule has 3 aromatic rings. The number of likely N-dealkylation sites (tertiary alicyclic amines) is 1. The molecule has 3 aromatic carbocycles. The molecule has 1 atom stereocenters. The van der Waals surface area contributed by atoms with Crippen LogP contribution in [0.15, 0.2) is 84.4 Å². The van der Waals surface area contributed by atoms with Crippen LogP contribution in [0.4, 0.5) is 0 Å². The van der Waals surface area contributed by atoms with E-state index in [0.717, 1.165) is 25.9 Å². The third kappa shape index (κ3) is 4.03. The van der Waals surface area contributed by atoms with E-state index in [9.17, 15) is 0 Å². The predicted octanol–water partition coefficient (Wildman–Crippen LogP) is 7.61. The summed E-state index contributed by atoms with van der Waals surface area (Å²) in [6, 6.07) is 29.4. The molecular weight excluding hydrogens is 374 g/mol. The highest BCUT2D eigenvalue weighted by atomic mass is 15.2. The molecule has 1 aliphatic heterocycles. The van der Waals surface area contributed by atoms with Crippen molar-refractivity contribution in [3.63, 3.8) is 0 Å². The number of rotatable bonds is 4. The zero-order chi connectivity index (χ0) is 21.0. The van der Waals surface area contributed by atoms with Crippen molar-refractivity contribution in [2.45, 2.75) is 38.6 Å². The Hall–Kier alpha value is -2.90. The van der Waals surface area contributed by atoms with Gasteiger partial charge in [0.1, 0.15) is 0 Å². The maximum absolute atomic E-state index is 2.72. The summed E-state index contributed by atoms with van der Waals surface area (Å²) in [5.74, 6) is 0. The minimum atomic E-state index is 0.535. The van der Waals surface area contributed by atoms with Crippen LogP contribution in [0, 0.1) is 0 Å². The Balaban J connectivity index is 1.49. The van der Waals surface area contributed by atoms with Crippen molar-refractivity contribution in [1.82, 2.24) is 4.90 Å². The fourth-order valence-electron chi connectivity index (χ4n) is 5.31. The van der Waals surface area contributed by atoms with Gasteiger partial charge in [-0.15, -0.1) is 0 Å². The van der Waals surface area contributed by atoms with Crippen LogP contribution in [-0.4, -0.2) is 18.0 Å². The number of fused-ring (bicyclic) bond motifs is 2. The monoisotopic (exact) mass is 405 g/mol. The highest BCUT2D eigenvalue weighted by Gasteiger charge is 2.26. The van der Waals surface area contributed by atoms with Gasteiger partial charge in [-0.25, -0.2) is 0 Å². The van der Waals surface area contributed by atoms with Crippen LogP contribution >= 0.6 is 0 Å². The molecule has 0 spiro atoms. The van der Waals surface area contributed by atoms with Crippen LogP contribution in [0.2, 0.25) is 0 Å². The zero-order valence-electron chi connectivity index (χ0n) is 18.4. The van der Waals surface area contributed by atoms with Crippen molar-refractivity contribution in [3.8, 4) is 0 Å². The molecule has 31 heavy (non-hydrogen) atoms. The van der Waals surface area contributed by atoms with E-state index < -0.39 is 0 Å². The average molecular weight is 406 g/mol. The molecular formula is C30H31N. The second-order valence-electron chi connectivity index (χ2n) is 8.74. The molecule has 0 saturated carbocycles.